The predicted molar refractivity (Wildman–Crippen MR) is 125 cm³/mol. The SMILES string of the molecule is COc1ccc(Cc2nc3c(c4c2[nH]c2ccccc24)C(O)C(N=[N+]=[N-])C(C)(C)C3)cc1. The molecule has 162 valence electrons. The van der Waals surface area contributed by atoms with E-state index < -0.39 is 17.6 Å². The summed E-state index contributed by atoms with van der Waals surface area (Å²) in [5, 5.41) is 17.3. The topological polar surface area (TPSA) is 107 Å². The van der Waals surface area contributed by atoms with E-state index in [1.54, 1.807) is 7.11 Å². The Hall–Kier alpha value is -3.54. The van der Waals surface area contributed by atoms with Gasteiger partial charge in [-0.15, -0.1) is 0 Å². The normalized spacial score (nSPS) is 19.5. The molecule has 2 heterocycles. The number of azide groups is 1. The van der Waals surface area contributed by atoms with Crippen molar-refractivity contribution in [3.8, 4) is 5.75 Å². The second-order valence-electron chi connectivity index (χ2n) is 9.12. The molecule has 2 aromatic heterocycles. The molecule has 0 radical (unpaired) electrons. The number of benzene rings is 2. The fraction of sp³-hybridized carbons (Fsp3) is 0.320. The van der Waals surface area contributed by atoms with E-state index in [2.05, 4.69) is 21.1 Å². The van der Waals surface area contributed by atoms with Crippen LogP contribution in [0.1, 0.15) is 42.5 Å². The van der Waals surface area contributed by atoms with Crippen LogP contribution in [0.25, 0.3) is 32.2 Å². The van der Waals surface area contributed by atoms with Crippen molar-refractivity contribution in [2.45, 2.75) is 38.8 Å². The average molecular weight is 428 g/mol. The molecule has 2 aromatic carbocycles. The number of methoxy groups -OCH3 is 1. The maximum absolute atomic E-state index is 11.4. The first-order chi connectivity index (χ1) is 15.4. The number of pyridine rings is 1. The monoisotopic (exact) mass is 427 g/mol. The van der Waals surface area contributed by atoms with Gasteiger partial charge in [-0.25, -0.2) is 0 Å². The summed E-state index contributed by atoms with van der Waals surface area (Å²) in [6.07, 6.45) is 0.347. The summed E-state index contributed by atoms with van der Waals surface area (Å²) in [6, 6.07) is 15.5. The van der Waals surface area contributed by atoms with Gasteiger partial charge in [0, 0.05) is 38.9 Å². The zero-order valence-electron chi connectivity index (χ0n) is 18.3. The zero-order chi connectivity index (χ0) is 22.5. The second-order valence-corrected chi connectivity index (χ2v) is 9.12. The Morgan fingerprint density at radius 3 is 2.69 bits per heavy atom. The molecule has 5 rings (SSSR count). The van der Waals surface area contributed by atoms with Gasteiger partial charge in [0.15, 0.2) is 0 Å². The molecule has 32 heavy (non-hydrogen) atoms. The molecule has 0 saturated heterocycles. The van der Waals surface area contributed by atoms with Gasteiger partial charge in [0.05, 0.1) is 30.5 Å². The number of ether oxygens (including phenoxy) is 1. The molecule has 0 bridgehead atoms. The van der Waals surface area contributed by atoms with Crippen LogP contribution in [0.4, 0.5) is 0 Å². The highest BCUT2D eigenvalue weighted by Crippen LogP contribution is 2.47. The number of rotatable bonds is 4. The van der Waals surface area contributed by atoms with Crippen molar-refractivity contribution in [1.82, 2.24) is 9.97 Å². The molecule has 4 aromatic rings. The molecule has 0 fully saturated rings. The first-order valence-electron chi connectivity index (χ1n) is 10.7. The lowest BCUT2D eigenvalue weighted by molar-refractivity contribution is 0.0702. The number of nitrogens with zero attached hydrogens (tertiary/aromatic N) is 4. The second kappa shape index (κ2) is 7.55. The lowest BCUT2D eigenvalue weighted by Crippen LogP contribution is -2.40. The number of aliphatic hydroxyl groups is 1. The molecule has 0 saturated carbocycles. The molecule has 0 amide bonds. The van der Waals surface area contributed by atoms with Crippen LogP contribution in [0.5, 0.6) is 5.75 Å². The van der Waals surface area contributed by atoms with Crippen LogP contribution >= 0.6 is 0 Å². The Labute approximate surface area is 185 Å². The third-order valence-corrected chi connectivity index (χ3v) is 6.57. The van der Waals surface area contributed by atoms with Gasteiger partial charge in [-0.3, -0.25) is 4.98 Å². The van der Waals surface area contributed by atoms with Gasteiger partial charge < -0.3 is 14.8 Å². The van der Waals surface area contributed by atoms with E-state index in [-0.39, 0.29) is 0 Å². The molecular weight excluding hydrogens is 402 g/mol. The van der Waals surface area contributed by atoms with E-state index in [9.17, 15) is 5.11 Å². The first kappa shape index (κ1) is 20.4. The molecule has 1 aliphatic carbocycles. The van der Waals surface area contributed by atoms with Crippen molar-refractivity contribution < 1.29 is 9.84 Å². The molecule has 7 nitrogen and oxygen atoms in total. The van der Waals surface area contributed by atoms with Crippen molar-refractivity contribution >= 4 is 21.8 Å². The van der Waals surface area contributed by atoms with Crippen LogP contribution in [-0.2, 0) is 12.8 Å². The fourth-order valence-corrected chi connectivity index (χ4v) is 4.98. The van der Waals surface area contributed by atoms with Gasteiger partial charge >= 0.3 is 0 Å². The van der Waals surface area contributed by atoms with Gasteiger partial charge in [0.25, 0.3) is 0 Å². The van der Waals surface area contributed by atoms with Crippen molar-refractivity contribution in [3.63, 3.8) is 0 Å². The van der Waals surface area contributed by atoms with Gasteiger partial charge in [0.2, 0.25) is 0 Å². The minimum atomic E-state index is -0.922. The van der Waals surface area contributed by atoms with Crippen molar-refractivity contribution in [3.05, 3.63) is 81.5 Å². The number of nitrogens with one attached hydrogen (secondary N) is 1. The number of fused-ring (bicyclic) bond motifs is 5. The summed E-state index contributed by atoms with van der Waals surface area (Å²) in [6.45, 7) is 4.03. The van der Waals surface area contributed by atoms with E-state index in [0.29, 0.717) is 12.8 Å². The summed E-state index contributed by atoms with van der Waals surface area (Å²) in [4.78, 5) is 11.6. The van der Waals surface area contributed by atoms with E-state index in [1.165, 1.54) is 0 Å². The predicted octanol–water partition coefficient (Wildman–Crippen LogP) is 5.61. The Bertz CT molecular complexity index is 1370. The number of H-pyrrole nitrogens is 1. The largest absolute Gasteiger partial charge is 0.497 e. The summed E-state index contributed by atoms with van der Waals surface area (Å²) in [5.41, 5.74) is 14.3. The van der Waals surface area contributed by atoms with E-state index in [1.807, 2.05) is 56.3 Å². The van der Waals surface area contributed by atoms with Gasteiger partial charge in [-0.2, -0.15) is 0 Å². The number of hydrogen-bond donors (Lipinski definition) is 2. The highest BCUT2D eigenvalue weighted by atomic mass is 16.5. The minimum Gasteiger partial charge on any atom is -0.497 e. The molecule has 0 spiro atoms. The van der Waals surface area contributed by atoms with Crippen LogP contribution in [-0.4, -0.2) is 28.2 Å². The number of hydrogen-bond acceptors (Lipinski definition) is 4. The fourth-order valence-electron chi connectivity index (χ4n) is 4.98. The lowest BCUT2D eigenvalue weighted by atomic mass is 9.70. The molecule has 2 atom stereocenters. The molecule has 7 heteroatoms. The molecule has 2 unspecified atom stereocenters. The maximum Gasteiger partial charge on any atom is 0.118 e. The van der Waals surface area contributed by atoms with Crippen LogP contribution in [0.2, 0.25) is 0 Å². The zero-order valence-corrected chi connectivity index (χ0v) is 18.3. The van der Waals surface area contributed by atoms with Crippen molar-refractivity contribution in [2.75, 3.05) is 7.11 Å². The van der Waals surface area contributed by atoms with Gasteiger partial charge in [-0.05, 0) is 41.1 Å². The van der Waals surface area contributed by atoms with Crippen LogP contribution in [0, 0.1) is 5.41 Å². The van der Waals surface area contributed by atoms with Crippen LogP contribution in [0.3, 0.4) is 0 Å². The Morgan fingerprint density at radius 1 is 1.22 bits per heavy atom. The van der Waals surface area contributed by atoms with Crippen molar-refractivity contribution in [2.24, 2.45) is 10.5 Å². The third kappa shape index (κ3) is 3.18. The average Bonchev–Trinajstić information content (AvgIpc) is 3.16. The molecule has 2 N–H and O–H groups in total. The maximum atomic E-state index is 11.4. The number of aromatic amines is 1. The highest BCUT2D eigenvalue weighted by Gasteiger charge is 2.43. The standard InChI is InChI=1S/C25H25N5O2/c1-25(2)13-19-21(23(31)24(25)29-30-26)20-16-6-4-5-7-17(16)28-22(20)18(27-19)12-14-8-10-15(32-3)11-9-14/h4-11,23-24,28,31H,12-13H2,1-3H3. The summed E-state index contributed by atoms with van der Waals surface area (Å²) < 4.78 is 5.28. The number of aromatic nitrogens is 2. The highest BCUT2D eigenvalue weighted by molar-refractivity contribution is 6.10. The summed E-state index contributed by atoms with van der Waals surface area (Å²) >= 11 is 0. The first-order valence-corrected chi connectivity index (χ1v) is 10.7. The molecule has 0 aliphatic heterocycles. The van der Waals surface area contributed by atoms with Crippen molar-refractivity contribution in [1.29, 1.82) is 0 Å². The van der Waals surface area contributed by atoms with E-state index in [4.69, 9.17) is 15.3 Å². The molecular formula is C25H25N5O2. The van der Waals surface area contributed by atoms with Gasteiger partial charge in [-0.1, -0.05) is 49.3 Å². The summed E-state index contributed by atoms with van der Waals surface area (Å²) in [5.74, 6) is 0.817. The minimum absolute atomic E-state index is 0.414. The van der Waals surface area contributed by atoms with E-state index >= 15 is 0 Å². The molecule has 1 aliphatic rings. The van der Waals surface area contributed by atoms with Crippen LogP contribution < -0.4 is 4.74 Å². The Kier molecular flexibility index (Phi) is 4.81. The number of para-hydroxylation sites is 1. The van der Waals surface area contributed by atoms with Crippen LogP contribution in [0.15, 0.2) is 53.6 Å². The lowest BCUT2D eigenvalue weighted by Gasteiger charge is -2.40. The Balaban J connectivity index is 1.76. The third-order valence-electron chi connectivity index (χ3n) is 6.57. The quantitative estimate of drug-likeness (QED) is 0.251. The van der Waals surface area contributed by atoms with E-state index in [0.717, 1.165) is 50.1 Å². The Morgan fingerprint density at radius 2 is 1.97 bits per heavy atom. The summed E-state index contributed by atoms with van der Waals surface area (Å²) in [7, 11) is 1.66. The smallest absolute Gasteiger partial charge is 0.118 e. The van der Waals surface area contributed by atoms with Gasteiger partial charge in [0.1, 0.15) is 5.75 Å². The number of aliphatic hydroxyl groups excluding tert-OH is 1.